The molecule has 0 saturated heterocycles. The SMILES string of the molecule is COCCn1c(Cc2ccc(-c3cccc(OCc4ccc(C#N)cc4F)n3)cc2F)nc2cc(C(=O)O)ccc21. The van der Waals surface area contributed by atoms with Gasteiger partial charge in [-0.15, -0.1) is 0 Å². The molecule has 0 saturated carbocycles. The summed E-state index contributed by atoms with van der Waals surface area (Å²) in [5.41, 5.74) is 3.28. The lowest BCUT2D eigenvalue weighted by Gasteiger charge is -2.11. The lowest BCUT2D eigenvalue weighted by atomic mass is 10.1. The Morgan fingerprint density at radius 2 is 1.80 bits per heavy atom. The maximum Gasteiger partial charge on any atom is 0.335 e. The molecule has 206 valence electrons. The van der Waals surface area contributed by atoms with Crippen molar-refractivity contribution in [3.8, 4) is 23.2 Å². The molecule has 5 rings (SSSR count). The predicted octanol–water partition coefficient (Wildman–Crippen LogP) is 5.76. The fraction of sp³-hybridized carbons (Fsp3) is 0.161. The Kier molecular flexibility index (Phi) is 7.99. The number of nitrogens with zero attached hydrogens (tertiary/aromatic N) is 4. The molecule has 0 spiro atoms. The minimum absolute atomic E-state index is 0.0840. The molecule has 8 nitrogen and oxygen atoms in total. The molecule has 0 bridgehead atoms. The molecule has 0 aliphatic heterocycles. The minimum Gasteiger partial charge on any atom is -0.478 e. The van der Waals surface area contributed by atoms with Crippen LogP contribution in [0.1, 0.15) is 32.9 Å². The highest BCUT2D eigenvalue weighted by atomic mass is 19.1. The summed E-state index contributed by atoms with van der Waals surface area (Å²) >= 11 is 0. The second-order valence-electron chi connectivity index (χ2n) is 9.23. The number of imidazole rings is 1. The summed E-state index contributed by atoms with van der Waals surface area (Å²) < 4.78 is 42.3. The highest BCUT2D eigenvalue weighted by Crippen LogP contribution is 2.26. The van der Waals surface area contributed by atoms with Gasteiger partial charge in [0.2, 0.25) is 5.88 Å². The third-order valence-electron chi connectivity index (χ3n) is 6.57. The maximum absolute atomic E-state index is 15.3. The first-order valence-corrected chi connectivity index (χ1v) is 12.6. The van der Waals surface area contributed by atoms with Crippen molar-refractivity contribution in [2.24, 2.45) is 0 Å². The van der Waals surface area contributed by atoms with Crippen LogP contribution in [0, 0.1) is 23.0 Å². The minimum atomic E-state index is -1.05. The van der Waals surface area contributed by atoms with Gasteiger partial charge in [0.15, 0.2) is 0 Å². The zero-order valence-electron chi connectivity index (χ0n) is 22.0. The van der Waals surface area contributed by atoms with Gasteiger partial charge in [-0.05, 0) is 48.0 Å². The van der Waals surface area contributed by atoms with Gasteiger partial charge in [0.05, 0.1) is 40.5 Å². The van der Waals surface area contributed by atoms with E-state index in [0.717, 1.165) is 11.6 Å². The number of hydrogen-bond acceptors (Lipinski definition) is 6. The summed E-state index contributed by atoms with van der Waals surface area (Å²) in [6.07, 6.45) is 0.180. The van der Waals surface area contributed by atoms with Crippen LogP contribution in [0.5, 0.6) is 5.88 Å². The van der Waals surface area contributed by atoms with E-state index < -0.39 is 17.6 Å². The summed E-state index contributed by atoms with van der Waals surface area (Å²) in [4.78, 5) is 20.4. The number of methoxy groups -OCH3 is 1. The summed E-state index contributed by atoms with van der Waals surface area (Å²) in [5, 5.41) is 18.2. The number of aromatic nitrogens is 3. The molecule has 0 aliphatic carbocycles. The van der Waals surface area contributed by atoms with Gasteiger partial charge < -0.3 is 19.1 Å². The van der Waals surface area contributed by atoms with E-state index in [9.17, 15) is 14.3 Å². The number of nitriles is 1. The smallest absolute Gasteiger partial charge is 0.335 e. The summed E-state index contributed by atoms with van der Waals surface area (Å²) in [6.45, 7) is 0.791. The van der Waals surface area contributed by atoms with Gasteiger partial charge >= 0.3 is 5.97 Å². The number of carboxylic acids is 1. The Bertz CT molecular complexity index is 1800. The van der Waals surface area contributed by atoms with Crippen LogP contribution in [0.15, 0.2) is 72.8 Å². The molecule has 3 aromatic carbocycles. The lowest BCUT2D eigenvalue weighted by molar-refractivity contribution is 0.0697. The first-order valence-electron chi connectivity index (χ1n) is 12.6. The average molecular weight is 555 g/mol. The lowest BCUT2D eigenvalue weighted by Crippen LogP contribution is -2.09. The van der Waals surface area contributed by atoms with E-state index in [1.54, 1.807) is 43.5 Å². The van der Waals surface area contributed by atoms with Crippen LogP contribution in [-0.2, 0) is 24.3 Å². The van der Waals surface area contributed by atoms with E-state index >= 15 is 4.39 Å². The Labute approximate surface area is 234 Å². The third-order valence-corrected chi connectivity index (χ3v) is 6.57. The number of pyridine rings is 1. The molecule has 41 heavy (non-hydrogen) atoms. The molecule has 0 fully saturated rings. The highest BCUT2D eigenvalue weighted by Gasteiger charge is 2.16. The largest absolute Gasteiger partial charge is 0.478 e. The number of hydrogen-bond donors (Lipinski definition) is 1. The molecule has 0 amide bonds. The van der Waals surface area contributed by atoms with E-state index in [-0.39, 0.29) is 35.6 Å². The number of carbonyl (C=O) groups is 1. The van der Waals surface area contributed by atoms with E-state index in [2.05, 4.69) is 9.97 Å². The van der Waals surface area contributed by atoms with Crippen molar-refractivity contribution in [1.82, 2.24) is 14.5 Å². The van der Waals surface area contributed by atoms with E-state index in [1.807, 2.05) is 10.6 Å². The number of carboxylic acid groups (broad SMARTS) is 1. The molecule has 2 heterocycles. The standard InChI is InChI=1S/C31H24F2N4O4/c1-40-12-11-37-28-10-9-22(31(38)39)15-27(28)35-29(37)16-20-7-8-21(14-25(20)33)26-3-2-4-30(36-26)41-18-23-6-5-19(17-34)13-24(23)32/h2-10,13-15H,11-12,16,18H2,1H3,(H,38,39). The van der Waals surface area contributed by atoms with Crippen LogP contribution < -0.4 is 4.74 Å². The Morgan fingerprint density at radius 1 is 1.00 bits per heavy atom. The van der Waals surface area contributed by atoms with Crippen molar-refractivity contribution in [1.29, 1.82) is 5.26 Å². The van der Waals surface area contributed by atoms with Crippen molar-refractivity contribution in [3.63, 3.8) is 0 Å². The van der Waals surface area contributed by atoms with Gasteiger partial charge in [0.1, 0.15) is 24.1 Å². The molecular weight excluding hydrogens is 530 g/mol. The highest BCUT2D eigenvalue weighted by molar-refractivity contribution is 5.92. The molecule has 0 aliphatic rings. The number of halogens is 2. The zero-order chi connectivity index (χ0) is 28.9. The van der Waals surface area contributed by atoms with E-state index in [4.69, 9.17) is 14.7 Å². The summed E-state index contributed by atoms with van der Waals surface area (Å²) in [6, 6.07) is 20.6. The number of aromatic carboxylic acids is 1. The van der Waals surface area contributed by atoms with Crippen LogP contribution in [0.25, 0.3) is 22.3 Å². The topological polar surface area (TPSA) is 110 Å². The van der Waals surface area contributed by atoms with Crippen LogP contribution >= 0.6 is 0 Å². The number of fused-ring (bicyclic) bond motifs is 1. The van der Waals surface area contributed by atoms with Gasteiger partial charge in [-0.3, -0.25) is 0 Å². The van der Waals surface area contributed by atoms with Gasteiger partial charge in [0, 0.05) is 37.3 Å². The van der Waals surface area contributed by atoms with Crippen LogP contribution in [0.2, 0.25) is 0 Å². The zero-order valence-corrected chi connectivity index (χ0v) is 22.0. The van der Waals surface area contributed by atoms with E-state index in [1.165, 1.54) is 30.3 Å². The molecule has 10 heteroatoms. The Morgan fingerprint density at radius 3 is 2.54 bits per heavy atom. The first-order chi connectivity index (χ1) is 19.9. The Hall–Kier alpha value is -5.14. The van der Waals surface area contributed by atoms with Crippen molar-refractivity contribution < 1.29 is 28.2 Å². The van der Waals surface area contributed by atoms with E-state index in [0.29, 0.717) is 41.3 Å². The quantitative estimate of drug-likeness (QED) is 0.234. The molecule has 2 aromatic heterocycles. The summed E-state index contributed by atoms with van der Waals surface area (Å²) in [7, 11) is 1.58. The van der Waals surface area contributed by atoms with Crippen molar-refractivity contribution in [2.75, 3.05) is 13.7 Å². The number of rotatable bonds is 10. The van der Waals surface area contributed by atoms with Gasteiger partial charge in [-0.25, -0.2) is 23.5 Å². The number of ether oxygens (including phenoxy) is 2. The predicted molar refractivity (Wildman–Crippen MR) is 146 cm³/mol. The summed E-state index contributed by atoms with van der Waals surface area (Å²) in [5.74, 6) is -1.23. The van der Waals surface area contributed by atoms with Crippen molar-refractivity contribution >= 4 is 17.0 Å². The van der Waals surface area contributed by atoms with Crippen molar-refractivity contribution in [2.45, 2.75) is 19.6 Å². The maximum atomic E-state index is 15.3. The fourth-order valence-electron chi connectivity index (χ4n) is 4.44. The monoisotopic (exact) mass is 554 g/mol. The molecule has 5 aromatic rings. The molecule has 0 atom stereocenters. The van der Waals surface area contributed by atoms with Crippen molar-refractivity contribution in [3.05, 3.63) is 113 Å². The molecule has 0 radical (unpaired) electrons. The van der Waals surface area contributed by atoms with Crippen LogP contribution in [0.3, 0.4) is 0 Å². The molecular formula is C31H24F2N4O4. The molecule has 0 unspecified atom stereocenters. The van der Waals surface area contributed by atoms with Crippen LogP contribution in [-0.4, -0.2) is 39.3 Å². The Balaban J connectivity index is 1.36. The third kappa shape index (κ3) is 6.05. The second kappa shape index (κ2) is 11.9. The van der Waals surface area contributed by atoms with Gasteiger partial charge in [-0.1, -0.05) is 24.3 Å². The van der Waals surface area contributed by atoms with Gasteiger partial charge in [0.25, 0.3) is 0 Å². The second-order valence-corrected chi connectivity index (χ2v) is 9.23. The van der Waals surface area contributed by atoms with Crippen LogP contribution in [0.4, 0.5) is 8.78 Å². The first kappa shape index (κ1) is 27.4. The number of benzene rings is 3. The fourth-order valence-corrected chi connectivity index (χ4v) is 4.44. The van der Waals surface area contributed by atoms with Gasteiger partial charge in [-0.2, -0.15) is 5.26 Å². The average Bonchev–Trinajstić information content (AvgIpc) is 3.32. The molecule has 1 N–H and O–H groups in total. The normalized spacial score (nSPS) is 11.0.